The Morgan fingerprint density at radius 3 is 2.81 bits per heavy atom. The number of aryl methyl sites for hydroxylation is 1. The summed E-state index contributed by atoms with van der Waals surface area (Å²) in [6, 6.07) is 11.1. The molecule has 0 fully saturated rings. The third-order valence-electron chi connectivity index (χ3n) is 3.22. The van der Waals surface area contributed by atoms with Gasteiger partial charge >= 0.3 is 0 Å². The third kappa shape index (κ3) is 4.27. The minimum atomic E-state index is -0.578. The third-order valence-corrected chi connectivity index (χ3v) is 3.22. The van der Waals surface area contributed by atoms with Gasteiger partial charge < -0.3 is 11.1 Å². The Morgan fingerprint density at radius 1 is 1.38 bits per heavy atom. The van der Waals surface area contributed by atoms with E-state index in [0.29, 0.717) is 0 Å². The number of anilines is 1. The number of pyridine rings is 1. The maximum absolute atomic E-state index is 13.1. The molecule has 0 aliphatic heterocycles. The fourth-order valence-corrected chi connectivity index (χ4v) is 2.03. The molecule has 0 saturated carbocycles. The van der Waals surface area contributed by atoms with E-state index in [-0.39, 0.29) is 17.4 Å². The average molecular weight is 287 g/mol. The van der Waals surface area contributed by atoms with Gasteiger partial charge in [0.25, 0.3) is 5.91 Å². The molecule has 1 unspecified atom stereocenters. The van der Waals surface area contributed by atoms with Gasteiger partial charge in [-0.15, -0.1) is 0 Å². The van der Waals surface area contributed by atoms with Crippen LogP contribution in [0.4, 0.5) is 10.2 Å². The second-order valence-electron chi connectivity index (χ2n) is 4.99. The second-order valence-corrected chi connectivity index (χ2v) is 4.99. The summed E-state index contributed by atoms with van der Waals surface area (Å²) < 4.78 is 13.1. The maximum Gasteiger partial charge on any atom is 0.255 e. The van der Waals surface area contributed by atoms with Crippen molar-refractivity contribution in [3.63, 3.8) is 0 Å². The molecule has 0 aliphatic carbocycles. The fraction of sp³-hybridized carbons (Fsp3) is 0.250. The van der Waals surface area contributed by atoms with E-state index in [1.165, 1.54) is 5.56 Å². The SMILES string of the molecule is CC(CCc1ccccc1)NC(=O)c1cc(F)cnc1N. The molecule has 3 N–H and O–H groups in total. The second kappa shape index (κ2) is 6.83. The number of carbonyl (C=O) groups is 1. The van der Waals surface area contributed by atoms with E-state index >= 15 is 0 Å². The number of amides is 1. The molecule has 1 atom stereocenters. The van der Waals surface area contributed by atoms with E-state index in [1.807, 2.05) is 37.3 Å². The number of halogens is 1. The minimum absolute atomic E-state index is 0.0316. The summed E-state index contributed by atoms with van der Waals surface area (Å²) in [6.45, 7) is 1.91. The van der Waals surface area contributed by atoms with Crippen LogP contribution < -0.4 is 11.1 Å². The lowest BCUT2D eigenvalue weighted by Gasteiger charge is -2.14. The summed E-state index contributed by atoms with van der Waals surface area (Å²) in [6.07, 6.45) is 2.64. The van der Waals surface area contributed by atoms with Crippen molar-refractivity contribution in [2.24, 2.45) is 0 Å². The Hall–Kier alpha value is -2.43. The molecule has 1 amide bonds. The number of nitrogens with zero attached hydrogens (tertiary/aromatic N) is 1. The van der Waals surface area contributed by atoms with Crippen molar-refractivity contribution in [3.8, 4) is 0 Å². The van der Waals surface area contributed by atoms with Crippen molar-refractivity contribution in [1.29, 1.82) is 0 Å². The van der Waals surface area contributed by atoms with Gasteiger partial charge in [0.05, 0.1) is 11.8 Å². The number of aromatic nitrogens is 1. The Morgan fingerprint density at radius 2 is 2.10 bits per heavy atom. The van der Waals surface area contributed by atoms with Gasteiger partial charge in [-0.2, -0.15) is 0 Å². The first-order chi connectivity index (χ1) is 10.1. The highest BCUT2D eigenvalue weighted by Gasteiger charge is 2.14. The molecule has 2 rings (SSSR count). The van der Waals surface area contributed by atoms with Gasteiger partial charge in [-0.1, -0.05) is 30.3 Å². The Bertz CT molecular complexity index is 616. The first kappa shape index (κ1) is 15.0. The molecule has 1 aromatic heterocycles. The van der Waals surface area contributed by atoms with Crippen LogP contribution in [0.25, 0.3) is 0 Å². The van der Waals surface area contributed by atoms with Crippen molar-refractivity contribution in [2.75, 3.05) is 5.73 Å². The lowest BCUT2D eigenvalue weighted by atomic mass is 10.1. The first-order valence-corrected chi connectivity index (χ1v) is 6.82. The van der Waals surface area contributed by atoms with Crippen molar-refractivity contribution < 1.29 is 9.18 Å². The number of nitrogens with two attached hydrogens (primary N) is 1. The Labute approximate surface area is 123 Å². The van der Waals surface area contributed by atoms with Crippen LogP contribution in [-0.4, -0.2) is 16.9 Å². The zero-order valence-electron chi connectivity index (χ0n) is 11.8. The van der Waals surface area contributed by atoms with Crippen LogP contribution in [0.15, 0.2) is 42.6 Å². The van der Waals surface area contributed by atoms with Crippen molar-refractivity contribution in [2.45, 2.75) is 25.8 Å². The molecular formula is C16H18FN3O. The number of hydrogen-bond donors (Lipinski definition) is 2. The van der Waals surface area contributed by atoms with Crippen molar-refractivity contribution in [1.82, 2.24) is 10.3 Å². The van der Waals surface area contributed by atoms with E-state index in [9.17, 15) is 9.18 Å². The van der Waals surface area contributed by atoms with Gasteiger partial charge in [0.2, 0.25) is 0 Å². The number of carbonyl (C=O) groups excluding carboxylic acids is 1. The van der Waals surface area contributed by atoms with Gasteiger partial charge in [0.1, 0.15) is 11.6 Å². The predicted molar refractivity (Wildman–Crippen MR) is 80.3 cm³/mol. The van der Waals surface area contributed by atoms with Crippen LogP contribution in [0, 0.1) is 5.82 Å². The quantitative estimate of drug-likeness (QED) is 0.888. The molecule has 0 aliphatic rings. The molecule has 1 heterocycles. The van der Waals surface area contributed by atoms with Gasteiger partial charge in [-0.05, 0) is 31.4 Å². The van der Waals surface area contributed by atoms with Crippen molar-refractivity contribution >= 4 is 11.7 Å². The van der Waals surface area contributed by atoms with Gasteiger partial charge in [-0.25, -0.2) is 9.37 Å². The van der Waals surface area contributed by atoms with E-state index in [1.54, 1.807) is 0 Å². The first-order valence-electron chi connectivity index (χ1n) is 6.82. The van der Waals surface area contributed by atoms with E-state index < -0.39 is 11.7 Å². The molecule has 2 aromatic rings. The zero-order valence-corrected chi connectivity index (χ0v) is 11.8. The summed E-state index contributed by atoms with van der Waals surface area (Å²) in [5, 5.41) is 2.81. The number of hydrogen-bond acceptors (Lipinski definition) is 3. The normalized spacial score (nSPS) is 11.9. The summed E-state index contributed by atoms with van der Waals surface area (Å²) in [4.78, 5) is 15.7. The fourth-order valence-electron chi connectivity index (χ4n) is 2.03. The molecule has 0 saturated heterocycles. The standard InChI is InChI=1S/C16H18FN3O/c1-11(7-8-12-5-3-2-4-6-12)20-16(21)14-9-13(17)10-19-15(14)18/h2-6,9-11H,7-8H2,1H3,(H2,18,19)(H,20,21). The highest BCUT2D eigenvalue weighted by Crippen LogP contribution is 2.11. The number of nitrogens with one attached hydrogen (secondary N) is 1. The number of rotatable bonds is 5. The van der Waals surface area contributed by atoms with Gasteiger partial charge in [0.15, 0.2) is 0 Å². The van der Waals surface area contributed by atoms with Gasteiger partial charge in [-0.3, -0.25) is 4.79 Å². The Kier molecular flexibility index (Phi) is 4.87. The van der Waals surface area contributed by atoms with E-state index in [2.05, 4.69) is 10.3 Å². The predicted octanol–water partition coefficient (Wildman–Crippen LogP) is 2.55. The van der Waals surface area contributed by atoms with Gasteiger partial charge in [0, 0.05) is 6.04 Å². The summed E-state index contributed by atoms with van der Waals surface area (Å²) in [7, 11) is 0. The summed E-state index contributed by atoms with van der Waals surface area (Å²) >= 11 is 0. The maximum atomic E-state index is 13.1. The lowest BCUT2D eigenvalue weighted by Crippen LogP contribution is -2.33. The molecule has 0 bridgehead atoms. The van der Waals surface area contributed by atoms with Crippen LogP contribution in [0.5, 0.6) is 0 Å². The smallest absolute Gasteiger partial charge is 0.255 e. The minimum Gasteiger partial charge on any atom is -0.383 e. The molecule has 0 radical (unpaired) electrons. The largest absolute Gasteiger partial charge is 0.383 e. The highest BCUT2D eigenvalue weighted by molar-refractivity contribution is 5.98. The van der Waals surface area contributed by atoms with Crippen LogP contribution >= 0.6 is 0 Å². The van der Waals surface area contributed by atoms with Crippen LogP contribution in [0.1, 0.15) is 29.3 Å². The zero-order chi connectivity index (χ0) is 15.2. The molecule has 21 heavy (non-hydrogen) atoms. The van der Waals surface area contributed by atoms with E-state index in [0.717, 1.165) is 25.1 Å². The van der Waals surface area contributed by atoms with Crippen LogP contribution in [-0.2, 0) is 6.42 Å². The average Bonchev–Trinajstić information content (AvgIpc) is 2.48. The summed E-state index contributed by atoms with van der Waals surface area (Å²) in [5.41, 5.74) is 6.88. The van der Waals surface area contributed by atoms with Crippen molar-refractivity contribution in [3.05, 3.63) is 59.5 Å². The molecule has 5 heteroatoms. The molecule has 110 valence electrons. The molecule has 1 aromatic carbocycles. The number of nitrogen functional groups attached to an aromatic ring is 1. The highest BCUT2D eigenvalue weighted by atomic mass is 19.1. The summed E-state index contributed by atoms with van der Waals surface area (Å²) in [5.74, 6) is -0.949. The Balaban J connectivity index is 1.91. The number of benzene rings is 1. The lowest BCUT2D eigenvalue weighted by molar-refractivity contribution is 0.0938. The monoisotopic (exact) mass is 287 g/mol. The molecular weight excluding hydrogens is 269 g/mol. The molecule has 0 spiro atoms. The topological polar surface area (TPSA) is 68.0 Å². The molecule has 4 nitrogen and oxygen atoms in total. The van der Waals surface area contributed by atoms with E-state index in [4.69, 9.17) is 5.73 Å². The van der Waals surface area contributed by atoms with Crippen LogP contribution in [0.2, 0.25) is 0 Å². The van der Waals surface area contributed by atoms with Crippen LogP contribution in [0.3, 0.4) is 0 Å².